The summed E-state index contributed by atoms with van der Waals surface area (Å²) in [6.07, 6.45) is 0. The van der Waals surface area contributed by atoms with Gasteiger partial charge in [0.25, 0.3) is 0 Å². The van der Waals surface area contributed by atoms with E-state index in [1.807, 2.05) is 42.5 Å². The van der Waals surface area contributed by atoms with Crippen molar-refractivity contribution >= 4 is 34.2 Å². The molecule has 0 saturated carbocycles. The van der Waals surface area contributed by atoms with Crippen molar-refractivity contribution in [3.05, 3.63) is 100 Å². The zero-order valence-corrected chi connectivity index (χ0v) is 19.7. The summed E-state index contributed by atoms with van der Waals surface area (Å²) in [5.41, 5.74) is 3.56. The highest BCUT2D eigenvalue weighted by Crippen LogP contribution is 2.29. The number of carboxylic acids is 1. The minimum Gasteiger partial charge on any atom is -0.477 e. The molecule has 0 saturated heterocycles. The molecule has 34 heavy (non-hydrogen) atoms. The molecular weight excluding hydrogens is 453 g/mol. The summed E-state index contributed by atoms with van der Waals surface area (Å²) in [6, 6.07) is 22.0. The Labute approximate surface area is 203 Å². The van der Waals surface area contributed by atoms with E-state index in [9.17, 15) is 14.3 Å². The van der Waals surface area contributed by atoms with E-state index < -0.39 is 11.8 Å². The third-order valence-electron chi connectivity index (χ3n) is 5.99. The third-order valence-corrected chi connectivity index (χ3v) is 6.34. The largest absolute Gasteiger partial charge is 0.477 e. The van der Waals surface area contributed by atoms with Gasteiger partial charge in [0.05, 0.1) is 0 Å². The van der Waals surface area contributed by atoms with E-state index in [1.165, 1.54) is 12.1 Å². The number of nitrogens with one attached hydrogen (secondary N) is 1. The van der Waals surface area contributed by atoms with E-state index in [0.717, 1.165) is 35.2 Å². The van der Waals surface area contributed by atoms with Gasteiger partial charge in [-0.05, 0) is 42.8 Å². The Morgan fingerprint density at radius 1 is 1.09 bits per heavy atom. The standard InChI is InChI=1S/C27H27ClFN3O2/c1-2-31(21-8-4-3-5-9-21)15-14-30-17-23-22-10-6-7-11-25(22)32(26(23)27(33)34)18-19-12-13-20(29)16-24(19)28/h3-13,16,30H,2,14-15,17-18H2,1H3,(H,33,34). The number of halogens is 2. The lowest BCUT2D eigenvalue weighted by molar-refractivity contribution is 0.0684. The van der Waals surface area contributed by atoms with Gasteiger partial charge in [-0.3, -0.25) is 0 Å². The normalized spacial score (nSPS) is 11.1. The van der Waals surface area contributed by atoms with E-state index in [4.69, 9.17) is 11.6 Å². The Morgan fingerprint density at radius 3 is 2.53 bits per heavy atom. The number of likely N-dealkylation sites (N-methyl/N-ethyl adjacent to an activating group) is 1. The molecule has 3 aromatic carbocycles. The molecule has 7 heteroatoms. The Kier molecular flexibility index (Phi) is 7.50. The Balaban J connectivity index is 1.58. The smallest absolute Gasteiger partial charge is 0.352 e. The molecule has 2 N–H and O–H groups in total. The third kappa shape index (κ3) is 5.08. The molecule has 0 radical (unpaired) electrons. The number of fused-ring (bicyclic) bond motifs is 1. The van der Waals surface area contributed by atoms with Crippen molar-refractivity contribution in [2.45, 2.75) is 20.0 Å². The molecule has 1 aromatic heterocycles. The van der Waals surface area contributed by atoms with Crippen LogP contribution >= 0.6 is 11.6 Å². The zero-order chi connectivity index (χ0) is 24.1. The number of carboxylic acid groups (broad SMARTS) is 1. The van der Waals surface area contributed by atoms with Crippen molar-refractivity contribution in [1.29, 1.82) is 0 Å². The summed E-state index contributed by atoms with van der Waals surface area (Å²) in [5, 5.41) is 14.7. The van der Waals surface area contributed by atoms with Gasteiger partial charge in [-0.15, -0.1) is 0 Å². The van der Waals surface area contributed by atoms with Crippen LogP contribution in [0.3, 0.4) is 0 Å². The molecule has 0 bridgehead atoms. The number of benzene rings is 3. The monoisotopic (exact) mass is 479 g/mol. The summed E-state index contributed by atoms with van der Waals surface area (Å²) in [5.74, 6) is -1.43. The van der Waals surface area contributed by atoms with Gasteiger partial charge >= 0.3 is 5.97 Å². The van der Waals surface area contributed by atoms with E-state index in [2.05, 4.69) is 29.3 Å². The van der Waals surface area contributed by atoms with Crippen LogP contribution < -0.4 is 10.2 Å². The minimum absolute atomic E-state index is 0.212. The lowest BCUT2D eigenvalue weighted by Gasteiger charge is -2.23. The number of anilines is 1. The topological polar surface area (TPSA) is 57.5 Å². The van der Waals surface area contributed by atoms with Crippen LogP contribution in [0, 0.1) is 5.82 Å². The molecule has 0 atom stereocenters. The first-order valence-corrected chi connectivity index (χ1v) is 11.7. The van der Waals surface area contributed by atoms with Crippen molar-refractivity contribution in [3.8, 4) is 0 Å². The van der Waals surface area contributed by atoms with Gasteiger partial charge in [-0.2, -0.15) is 0 Å². The van der Waals surface area contributed by atoms with Crippen LogP contribution in [0.5, 0.6) is 0 Å². The number of rotatable bonds is 10. The average Bonchev–Trinajstić information content (AvgIpc) is 3.15. The fourth-order valence-corrected chi connectivity index (χ4v) is 4.55. The lowest BCUT2D eigenvalue weighted by Crippen LogP contribution is -2.32. The van der Waals surface area contributed by atoms with Gasteiger partial charge in [0.1, 0.15) is 11.5 Å². The molecule has 0 fully saturated rings. The molecule has 5 nitrogen and oxygen atoms in total. The molecule has 0 unspecified atom stereocenters. The van der Waals surface area contributed by atoms with Crippen molar-refractivity contribution in [1.82, 2.24) is 9.88 Å². The van der Waals surface area contributed by atoms with E-state index >= 15 is 0 Å². The number of nitrogens with zero attached hydrogens (tertiary/aromatic N) is 2. The number of para-hydroxylation sites is 2. The highest BCUT2D eigenvalue weighted by molar-refractivity contribution is 6.31. The van der Waals surface area contributed by atoms with Crippen LogP contribution in [0.4, 0.5) is 10.1 Å². The zero-order valence-electron chi connectivity index (χ0n) is 19.0. The van der Waals surface area contributed by atoms with Gasteiger partial charge in [-0.25, -0.2) is 9.18 Å². The van der Waals surface area contributed by atoms with Crippen molar-refractivity contribution < 1.29 is 14.3 Å². The summed E-state index contributed by atoms with van der Waals surface area (Å²) in [6.45, 7) is 5.14. The molecule has 0 aliphatic rings. The number of carbonyl (C=O) groups is 1. The quantitative estimate of drug-likeness (QED) is 0.282. The molecule has 0 aliphatic carbocycles. The summed E-state index contributed by atoms with van der Waals surface area (Å²) < 4.78 is 15.3. The Hall–Kier alpha value is -3.35. The number of aromatic nitrogens is 1. The highest BCUT2D eigenvalue weighted by atomic mass is 35.5. The molecular formula is C27H27ClFN3O2. The van der Waals surface area contributed by atoms with Crippen LogP contribution in [-0.2, 0) is 13.1 Å². The number of hydrogen-bond acceptors (Lipinski definition) is 3. The van der Waals surface area contributed by atoms with Crippen molar-refractivity contribution in [2.24, 2.45) is 0 Å². The average molecular weight is 480 g/mol. The van der Waals surface area contributed by atoms with Gasteiger partial charge in [0, 0.05) is 59.9 Å². The second-order valence-corrected chi connectivity index (χ2v) is 8.47. The summed E-state index contributed by atoms with van der Waals surface area (Å²) in [4.78, 5) is 14.6. The van der Waals surface area contributed by atoms with Gasteiger partial charge in [0.15, 0.2) is 0 Å². The Morgan fingerprint density at radius 2 is 1.82 bits per heavy atom. The molecule has 0 spiro atoms. The molecule has 176 valence electrons. The fourth-order valence-electron chi connectivity index (χ4n) is 4.32. The highest BCUT2D eigenvalue weighted by Gasteiger charge is 2.22. The first-order valence-electron chi connectivity index (χ1n) is 11.3. The SMILES string of the molecule is CCN(CCNCc1c(C(=O)O)n(Cc2ccc(F)cc2Cl)c2ccccc12)c1ccccc1. The Bertz CT molecular complexity index is 1290. The number of aromatic carboxylic acids is 1. The summed E-state index contributed by atoms with van der Waals surface area (Å²) >= 11 is 6.25. The molecule has 0 amide bonds. The molecule has 4 rings (SSSR count). The second kappa shape index (κ2) is 10.7. The fraction of sp³-hybridized carbons (Fsp3) is 0.222. The summed E-state index contributed by atoms with van der Waals surface area (Å²) in [7, 11) is 0. The van der Waals surface area contributed by atoms with Crippen molar-refractivity contribution in [3.63, 3.8) is 0 Å². The van der Waals surface area contributed by atoms with E-state index in [1.54, 1.807) is 10.6 Å². The lowest BCUT2D eigenvalue weighted by atomic mass is 10.1. The van der Waals surface area contributed by atoms with Crippen LogP contribution in [0.15, 0.2) is 72.8 Å². The van der Waals surface area contributed by atoms with Crippen LogP contribution in [-0.4, -0.2) is 35.3 Å². The van der Waals surface area contributed by atoms with Gasteiger partial charge < -0.3 is 19.9 Å². The molecule has 1 heterocycles. The van der Waals surface area contributed by atoms with Gasteiger partial charge in [0.2, 0.25) is 0 Å². The second-order valence-electron chi connectivity index (χ2n) is 8.06. The first-order chi connectivity index (χ1) is 16.5. The van der Waals surface area contributed by atoms with Crippen LogP contribution in [0.25, 0.3) is 10.9 Å². The maximum Gasteiger partial charge on any atom is 0.352 e. The molecule has 4 aromatic rings. The first kappa shape index (κ1) is 23.8. The molecule has 0 aliphatic heterocycles. The number of hydrogen-bond donors (Lipinski definition) is 2. The van der Waals surface area contributed by atoms with Crippen LogP contribution in [0.1, 0.15) is 28.5 Å². The van der Waals surface area contributed by atoms with Gasteiger partial charge in [-0.1, -0.05) is 54.1 Å². The maximum atomic E-state index is 13.5. The van der Waals surface area contributed by atoms with Crippen molar-refractivity contribution in [2.75, 3.05) is 24.5 Å². The van der Waals surface area contributed by atoms with Crippen LogP contribution in [0.2, 0.25) is 5.02 Å². The van der Waals surface area contributed by atoms with E-state index in [-0.39, 0.29) is 17.3 Å². The van der Waals surface area contributed by atoms with E-state index in [0.29, 0.717) is 18.7 Å². The maximum absolute atomic E-state index is 13.5. The predicted molar refractivity (Wildman–Crippen MR) is 135 cm³/mol. The predicted octanol–water partition coefficient (Wildman–Crippen LogP) is 5.80. The minimum atomic E-state index is -1.01.